The van der Waals surface area contributed by atoms with Crippen LogP contribution in [0.4, 0.5) is 0 Å². The van der Waals surface area contributed by atoms with Crippen LogP contribution in [0, 0.1) is 5.41 Å². The van der Waals surface area contributed by atoms with E-state index >= 15 is 0 Å². The molecule has 0 aliphatic carbocycles. The average Bonchev–Trinajstić information content (AvgIpc) is 2.91. The van der Waals surface area contributed by atoms with Crippen molar-refractivity contribution in [3.05, 3.63) is 120 Å². The largest absolute Gasteiger partial charge is 0.491 e. The van der Waals surface area contributed by atoms with E-state index in [0.717, 1.165) is 5.56 Å². The topological polar surface area (TPSA) is 148 Å². The van der Waals surface area contributed by atoms with Crippen molar-refractivity contribution in [2.45, 2.75) is 10.9 Å². The van der Waals surface area contributed by atoms with Crippen molar-refractivity contribution < 1.29 is 17.9 Å². The Morgan fingerprint density at radius 3 is 2.22 bits per heavy atom. The van der Waals surface area contributed by atoms with Crippen LogP contribution in [0.2, 0.25) is 0 Å². The molecule has 4 aromatic carbocycles. The molecule has 0 aliphatic rings. The third-order valence-electron chi connectivity index (χ3n) is 5.72. The fourth-order valence-corrected chi connectivity index (χ4v) is 4.60. The molecule has 0 aliphatic heterocycles. The number of amides is 1. The van der Waals surface area contributed by atoms with Gasteiger partial charge < -0.3 is 15.8 Å². The highest BCUT2D eigenvalue weighted by atomic mass is 32.2. The van der Waals surface area contributed by atoms with Gasteiger partial charge in [0.25, 0.3) is 5.91 Å². The minimum atomic E-state index is -3.90. The molecule has 0 radical (unpaired) electrons. The SMILES string of the molecule is N=C(N)c1cccc(OCC(NC(=O)c2ccc(-c3ccccc3S(N)(=O)=O)cc2)c2ccccc2)c1. The van der Waals surface area contributed by atoms with Gasteiger partial charge in [-0.25, -0.2) is 13.6 Å². The van der Waals surface area contributed by atoms with Gasteiger partial charge in [0.15, 0.2) is 0 Å². The lowest BCUT2D eigenvalue weighted by molar-refractivity contribution is 0.0921. The van der Waals surface area contributed by atoms with Gasteiger partial charge >= 0.3 is 0 Å². The zero-order valence-corrected chi connectivity index (χ0v) is 20.6. The van der Waals surface area contributed by atoms with Crippen molar-refractivity contribution in [2.24, 2.45) is 10.9 Å². The summed E-state index contributed by atoms with van der Waals surface area (Å²) >= 11 is 0. The van der Waals surface area contributed by atoms with Crippen LogP contribution in [-0.4, -0.2) is 26.8 Å². The molecule has 1 unspecified atom stereocenters. The first kappa shape index (κ1) is 25.6. The molecule has 1 amide bonds. The molecule has 8 nitrogen and oxygen atoms in total. The van der Waals surface area contributed by atoms with Crippen molar-refractivity contribution in [2.75, 3.05) is 6.61 Å². The van der Waals surface area contributed by atoms with E-state index in [1.54, 1.807) is 66.7 Å². The first-order valence-corrected chi connectivity index (χ1v) is 12.9. The molecule has 0 heterocycles. The second kappa shape index (κ2) is 11.1. The Morgan fingerprint density at radius 1 is 0.865 bits per heavy atom. The molecule has 0 saturated carbocycles. The molecule has 188 valence electrons. The number of rotatable bonds is 9. The van der Waals surface area contributed by atoms with Crippen LogP contribution in [0.1, 0.15) is 27.5 Å². The molecule has 0 aromatic heterocycles. The molecular weight excluding hydrogens is 488 g/mol. The Morgan fingerprint density at radius 2 is 1.54 bits per heavy atom. The third kappa shape index (κ3) is 6.40. The molecule has 0 bridgehead atoms. The molecule has 4 aromatic rings. The van der Waals surface area contributed by atoms with Gasteiger partial charge in [0, 0.05) is 16.7 Å². The molecule has 37 heavy (non-hydrogen) atoms. The number of amidine groups is 1. The van der Waals surface area contributed by atoms with Crippen molar-refractivity contribution in [1.29, 1.82) is 5.41 Å². The van der Waals surface area contributed by atoms with Gasteiger partial charge in [0.1, 0.15) is 18.2 Å². The summed E-state index contributed by atoms with van der Waals surface area (Å²) in [5.74, 6) is 0.149. The van der Waals surface area contributed by atoms with E-state index in [2.05, 4.69) is 5.32 Å². The summed E-state index contributed by atoms with van der Waals surface area (Å²) in [5.41, 5.74) is 8.45. The molecule has 4 rings (SSSR count). The fraction of sp³-hybridized carbons (Fsp3) is 0.0714. The number of nitrogen functional groups attached to an aromatic ring is 1. The van der Waals surface area contributed by atoms with Crippen molar-refractivity contribution in [3.8, 4) is 16.9 Å². The summed E-state index contributed by atoms with van der Waals surface area (Å²) in [4.78, 5) is 13.1. The highest BCUT2D eigenvalue weighted by Gasteiger charge is 2.18. The maximum Gasteiger partial charge on any atom is 0.251 e. The zero-order chi connectivity index (χ0) is 26.4. The first-order valence-electron chi connectivity index (χ1n) is 11.4. The smallest absolute Gasteiger partial charge is 0.251 e. The number of hydrogen-bond donors (Lipinski definition) is 4. The highest BCUT2D eigenvalue weighted by molar-refractivity contribution is 7.89. The standard InChI is InChI=1S/C28H26N4O4S/c29-27(30)22-9-6-10-23(17-22)36-18-25(20-7-2-1-3-8-20)32-28(33)21-15-13-19(14-16-21)24-11-4-5-12-26(24)37(31,34)35/h1-17,25H,18H2,(H3,29,30)(H,32,33)(H2,31,34,35). The van der Waals surface area contributed by atoms with Crippen LogP contribution in [0.15, 0.2) is 108 Å². The summed E-state index contributed by atoms with van der Waals surface area (Å²) in [5, 5.41) is 16.0. The second-order valence-electron chi connectivity index (χ2n) is 8.31. The maximum atomic E-state index is 13.1. The number of nitrogens with two attached hydrogens (primary N) is 2. The van der Waals surface area contributed by atoms with Gasteiger partial charge in [-0.2, -0.15) is 0 Å². The normalized spacial score (nSPS) is 11.9. The van der Waals surface area contributed by atoms with E-state index in [-0.39, 0.29) is 23.2 Å². The Bertz CT molecular complexity index is 1520. The Kier molecular flexibility index (Phi) is 7.66. The van der Waals surface area contributed by atoms with Gasteiger partial charge in [0.05, 0.1) is 10.9 Å². The lowest BCUT2D eigenvalue weighted by atomic mass is 10.0. The molecule has 0 spiro atoms. The van der Waals surface area contributed by atoms with Crippen molar-refractivity contribution in [1.82, 2.24) is 5.32 Å². The van der Waals surface area contributed by atoms with Gasteiger partial charge in [-0.05, 0) is 41.5 Å². The highest BCUT2D eigenvalue weighted by Crippen LogP contribution is 2.27. The van der Waals surface area contributed by atoms with E-state index in [4.69, 9.17) is 21.0 Å². The maximum absolute atomic E-state index is 13.1. The lowest BCUT2D eigenvalue weighted by Gasteiger charge is -2.20. The summed E-state index contributed by atoms with van der Waals surface area (Å²) in [6.07, 6.45) is 0. The number of primary sulfonamides is 1. The molecule has 1 atom stereocenters. The minimum Gasteiger partial charge on any atom is -0.491 e. The zero-order valence-electron chi connectivity index (χ0n) is 19.8. The van der Waals surface area contributed by atoms with Crippen molar-refractivity contribution >= 4 is 21.8 Å². The summed E-state index contributed by atoms with van der Waals surface area (Å²) in [6.45, 7) is 0.150. The van der Waals surface area contributed by atoms with Crippen LogP contribution in [0.3, 0.4) is 0 Å². The van der Waals surface area contributed by atoms with E-state index in [1.807, 2.05) is 30.3 Å². The monoisotopic (exact) mass is 514 g/mol. The van der Waals surface area contributed by atoms with E-state index in [0.29, 0.717) is 28.0 Å². The molecular formula is C28H26N4O4S. The summed E-state index contributed by atoms with van der Waals surface area (Å²) in [6, 6.07) is 28.9. The number of hydrogen-bond acceptors (Lipinski definition) is 5. The summed E-state index contributed by atoms with van der Waals surface area (Å²) < 4.78 is 29.9. The molecule has 6 N–H and O–H groups in total. The average molecular weight is 515 g/mol. The van der Waals surface area contributed by atoms with Gasteiger partial charge in [-0.1, -0.05) is 72.8 Å². The number of sulfonamides is 1. The lowest BCUT2D eigenvalue weighted by Crippen LogP contribution is -2.32. The van der Waals surface area contributed by atoms with E-state index < -0.39 is 16.1 Å². The van der Waals surface area contributed by atoms with Crippen molar-refractivity contribution in [3.63, 3.8) is 0 Å². The Labute approximate surface area is 215 Å². The number of ether oxygens (including phenoxy) is 1. The predicted molar refractivity (Wildman–Crippen MR) is 143 cm³/mol. The van der Waals surface area contributed by atoms with Gasteiger partial charge in [-0.3, -0.25) is 10.2 Å². The van der Waals surface area contributed by atoms with Crippen LogP contribution in [0.25, 0.3) is 11.1 Å². The minimum absolute atomic E-state index is 0.0161. The summed E-state index contributed by atoms with van der Waals surface area (Å²) in [7, 11) is -3.90. The molecule has 0 saturated heterocycles. The fourth-order valence-electron chi connectivity index (χ4n) is 3.84. The first-order chi connectivity index (χ1) is 17.7. The van der Waals surface area contributed by atoms with Crippen LogP contribution >= 0.6 is 0 Å². The predicted octanol–water partition coefficient (Wildman–Crippen LogP) is 3.84. The quantitative estimate of drug-likeness (QED) is 0.198. The van der Waals surface area contributed by atoms with E-state index in [9.17, 15) is 13.2 Å². The molecule has 9 heteroatoms. The number of nitrogens with one attached hydrogen (secondary N) is 2. The Balaban J connectivity index is 1.53. The van der Waals surface area contributed by atoms with Crippen LogP contribution < -0.4 is 20.9 Å². The van der Waals surface area contributed by atoms with Crippen LogP contribution in [0.5, 0.6) is 5.75 Å². The Hall–Kier alpha value is -4.47. The van der Waals surface area contributed by atoms with E-state index in [1.165, 1.54) is 6.07 Å². The van der Waals surface area contributed by atoms with Gasteiger partial charge in [0.2, 0.25) is 10.0 Å². The molecule has 0 fully saturated rings. The number of carbonyl (C=O) groups is 1. The third-order valence-corrected chi connectivity index (χ3v) is 6.69. The number of benzene rings is 4. The number of carbonyl (C=O) groups excluding carboxylic acids is 1. The van der Waals surface area contributed by atoms with Crippen LogP contribution in [-0.2, 0) is 10.0 Å². The second-order valence-corrected chi connectivity index (χ2v) is 9.84. The van der Waals surface area contributed by atoms with Gasteiger partial charge in [-0.15, -0.1) is 0 Å².